The summed E-state index contributed by atoms with van der Waals surface area (Å²) in [4.78, 5) is 17.1. The van der Waals surface area contributed by atoms with Crippen molar-refractivity contribution in [2.45, 2.75) is 39.4 Å². The minimum atomic E-state index is -3.84. The molecule has 1 aromatic carbocycles. The summed E-state index contributed by atoms with van der Waals surface area (Å²) in [5, 5.41) is 0. The number of sulfonamides is 1. The predicted octanol–water partition coefficient (Wildman–Crippen LogP) is 3.89. The second kappa shape index (κ2) is 7.39. The number of fused-ring (bicyclic) bond motifs is 1. The number of nitrogens with zero attached hydrogens (tertiary/aromatic N) is 3. The molecule has 2 aromatic heterocycles. The van der Waals surface area contributed by atoms with Crippen LogP contribution < -0.4 is 5.56 Å². The zero-order chi connectivity index (χ0) is 22.4. The lowest BCUT2D eigenvalue weighted by Crippen LogP contribution is -2.27. The lowest BCUT2D eigenvalue weighted by atomic mass is 10.1. The smallest absolute Gasteiger partial charge is 0.258 e. The molecule has 2 heterocycles. The highest BCUT2D eigenvalue weighted by atomic mass is 32.2. The average Bonchev–Trinajstić information content (AvgIpc) is 2.60. The van der Waals surface area contributed by atoms with Gasteiger partial charge in [0.2, 0.25) is 0 Å². The summed E-state index contributed by atoms with van der Waals surface area (Å²) in [6.07, 6.45) is 1.55. The standard InChI is InChI=1S/C21H21F2N3O3S/c1-12-8-16(13(2)25-30(28,29)21(3,4)5)20-24-18(10-19(27)26(20)11-12)15-7-6-14(22)9-17(15)23/h6-11H,1-5H3. The molecule has 0 atom stereocenters. The maximum Gasteiger partial charge on any atom is 0.258 e. The van der Waals surface area contributed by atoms with Gasteiger partial charge in [-0.05, 0) is 58.4 Å². The Hall–Kier alpha value is -2.94. The number of aromatic nitrogens is 2. The first kappa shape index (κ1) is 21.8. The van der Waals surface area contributed by atoms with Crippen molar-refractivity contribution in [1.29, 1.82) is 0 Å². The molecule has 0 fully saturated rings. The highest BCUT2D eigenvalue weighted by molar-refractivity contribution is 7.91. The molecule has 9 heteroatoms. The Morgan fingerprint density at radius 2 is 1.80 bits per heavy atom. The van der Waals surface area contributed by atoms with E-state index in [4.69, 9.17) is 0 Å². The van der Waals surface area contributed by atoms with Crippen LogP contribution in [0.15, 0.2) is 45.7 Å². The van der Waals surface area contributed by atoms with Crippen molar-refractivity contribution in [3.05, 3.63) is 69.6 Å². The summed E-state index contributed by atoms with van der Waals surface area (Å²) in [5.41, 5.74) is 0.754. The van der Waals surface area contributed by atoms with E-state index in [9.17, 15) is 22.0 Å². The lowest BCUT2D eigenvalue weighted by molar-refractivity contribution is 0.562. The van der Waals surface area contributed by atoms with Crippen LogP contribution >= 0.6 is 0 Å². The Kier molecular flexibility index (Phi) is 5.36. The van der Waals surface area contributed by atoms with Gasteiger partial charge < -0.3 is 0 Å². The van der Waals surface area contributed by atoms with Gasteiger partial charge in [-0.2, -0.15) is 4.40 Å². The van der Waals surface area contributed by atoms with Gasteiger partial charge in [-0.1, -0.05) is 0 Å². The van der Waals surface area contributed by atoms with Crippen molar-refractivity contribution in [2.75, 3.05) is 0 Å². The minimum absolute atomic E-state index is 0.00841. The first-order chi connectivity index (χ1) is 13.8. The minimum Gasteiger partial charge on any atom is -0.269 e. The second-order valence-corrected chi connectivity index (χ2v) is 10.4. The van der Waals surface area contributed by atoms with E-state index in [0.717, 1.165) is 12.1 Å². The van der Waals surface area contributed by atoms with Gasteiger partial charge >= 0.3 is 0 Å². The van der Waals surface area contributed by atoms with E-state index in [0.29, 0.717) is 17.2 Å². The van der Waals surface area contributed by atoms with Gasteiger partial charge in [-0.3, -0.25) is 9.20 Å². The molecule has 0 aliphatic heterocycles. The molecule has 6 nitrogen and oxygen atoms in total. The van der Waals surface area contributed by atoms with Gasteiger partial charge in [0.05, 0.1) is 16.2 Å². The first-order valence-electron chi connectivity index (χ1n) is 9.11. The van der Waals surface area contributed by atoms with Gasteiger partial charge in [-0.25, -0.2) is 22.2 Å². The molecule has 30 heavy (non-hydrogen) atoms. The fourth-order valence-electron chi connectivity index (χ4n) is 2.81. The van der Waals surface area contributed by atoms with Crippen molar-refractivity contribution in [2.24, 2.45) is 4.40 Å². The van der Waals surface area contributed by atoms with E-state index >= 15 is 0 Å². The van der Waals surface area contributed by atoms with Crippen LogP contribution in [0.4, 0.5) is 8.78 Å². The summed E-state index contributed by atoms with van der Waals surface area (Å²) in [6.45, 7) is 7.85. The van der Waals surface area contributed by atoms with Crippen LogP contribution in [-0.4, -0.2) is 28.3 Å². The normalized spacial score (nSPS) is 13.1. The van der Waals surface area contributed by atoms with E-state index in [1.165, 1.54) is 38.2 Å². The summed E-state index contributed by atoms with van der Waals surface area (Å²) in [5.74, 6) is -1.61. The number of benzene rings is 1. The lowest BCUT2D eigenvalue weighted by Gasteiger charge is -2.16. The zero-order valence-electron chi connectivity index (χ0n) is 17.2. The van der Waals surface area contributed by atoms with Crippen LogP contribution in [0.3, 0.4) is 0 Å². The Morgan fingerprint density at radius 1 is 1.13 bits per heavy atom. The molecular formula is C21H21F2N3O3S. The summed E-state index contributed by atoms with van der Waals surface area (Å²) in [6, 6.07) is 5.77. The highest BCUT2D eigenvalue weighted by Gasteiger charge is 2.29. The van der Waals surface area contributed by atoms with E-state index in [2.05, 4.69) is 9.38 Å². The molecule has 3 aromatic rings. The molecular weight excluding hydrogens is 412 g/mol. The van der Waals surface area contributed by atoms with Crippen LogP contribution in [0, 0.1) is 18.6 Å². The molecule has 3 rings (SSSR count). The number of halogens is 2. The fraction of sp³-hybridized carbons (Fsp3) is 0.286. The quantitative estimate of drug-likeness (QED) is 0.587. The Bertz CT molecular complexity index is 1350. The predicted molar refractivity (Wildman–Crippen MR) is 112 cm³/mol. The summed E-state index contributed by atoms with van der Waals surface area (Å²) >= 11 is 0. The Labute approximate surface area is 173 Å². The molecule has 158 valence electrons. The number of rotatable bonds is 3. The number of aryl methyl sites for hydroxylation is 1. The first-order valence-corrected chi connectivity index (χ1v) is 10.5. The molecule has 0 amide bonds. The molecule has 0 spiro atoms. The van der Waals surface area contributed by atoms with Crippen LogP contribution in [-0.2, 0) is 10.0 Å². The van der Waals surface area contributed by atoms with E-state index in [-0.39, 0.29) is 22.6 Å². The average molecular weight is 433 g/mol. The van der Waals surface area contributed by atoms with E-state index in [1.807, 2.05) is 0 Å². The van der Waals surface area contributed by atoms with E-state index < -0.39 is 32.0 Å². The number of pyridine rings is 1. The number of hydrogen-bond acceptors (Lipinski definition) is 4. The van der Waals surface area contributed by atoms with Gasteiger partial charge in [0.1, 0.15) is 17.3 Å². The monoisotopic (exact) mass is 433 g/mol. The van der Waals surface area contributed by atoms with Crippen LogP contribution in [0.1, 0.15) is 38.8 Å². The van der Waals surface area contributed by atoms with E-state index in [1.54, 1.807) is 19.2 Å². The molecule has 0 radical (unpaired) electrons. The van der Waals surface area contributed by atoms with Crippen molar-refractivity contribution < 1.29 is 17.2 Å². The number of hydrogen-bond donors (Lipinski definition) is 0. The fourth-order valence-corrected chi connectivity index (χ4v) is 3.54. The molecule has 0 saturated heterocycles. The Morgan fingerprint density at radius 3 is 2.40 bits per heavy atom. The van der Waals surface area contributed by atoms with Gasteiger partial charge in [-0.15, -0.1) is 0 Å². The molecule has 0 aliphatic rings. The van der Waals surface area contributed by atoms with Crippen molar-refractivity contribution in [1.82, 2.24) is 9.38 Å². The highest BCUT2D eigenvalue weighted by Crippen LogP contribution is 2.24. The van der Waals surface area contributed by atoms with Crippen molar-refractivity contribution in [3.63, 3.8) is 0 Å². The third-order valence-electron chi connectivity index (χ3n) is 4.53. The maximum absolute atomic E-state index is 14.3. The van der Waals surface area contributed by atoms with Crippen molar-refractivity contribution >= 4 is 21.4 Å². The zero-order valence-corrected chi connectivity index (χ0v) is 18.0. The second-order valence-electron chi connectivity index (χ2n) is 7.99. The summed E-state index contributed by atoms with van der Waals surface area (Å²) in [7, 11) is -3.84. The Balaban J connectivity index is 2.33. The third-order valence-corrected chi connectivity index (χ3v) is 6.59. The van der Waals surface area contributed by atoms with Crippen molar-refractivity contribution in [3.8, 4) is 11.3 Å². The SMILES string of the molecule is CC(=NS(=O)(=O)C(C)(C)C)c1cc(C)cn2c(=O)cc(-c3ccc(F)cc3F)nc12. The van der Waals surface area contributed by atoms with Gasteiger partial charge in [0.15, 0.2) is 0 Å². The molecule has 0 N–H and O–H groups in total. The third kappa shape index (κ3) is 4.02. The molecule has 0 saturated carbocycles. The van der Waals surface area contributed by atoms with Crippen LogP contribution in [0.25, 0.3) is 16.9 Å². The molecule has 0 unspecified atom stereocenters. The summed E-state index contributed by atoms with van der Waals surface area (Å²) < 4.78 is 56.6. The molecule has 0 bridgehead atoms. The van der Waals surface area contributed by atoms with Gasteiger partial charge in [0, 0.05) is 29.5 Å². The topological polar surface area (TPSA) is 80.9 Å². The maximum atomic E-state index is 14.3. The van der Waals surface area contributed by atoms with Crippen LogP contribution in [0.2, 0.25) is 0 Å². The largest absolute Gasteiger partial charge is 0.269 e. The van der Waals surface area contributed by atoms with Crippen LogP contribution in [0.5, 0.6) is 0 Å². The van der Waals surface area contributed by atoms with Gasteiger partial charge in [0.25, 0.3) is 15.6 Å². The molecule has 0 aliphatic carbocycles.